The van der Waals surface area contributed by atoms with Crippen molar-refractivity contribution in [2.45, 2.75) is 57.9 Å². The van der Waals surface area contributed by atoms with Gasteiger partial charge in [-0.3, -0.25) is 4.79 Å². The first kappa shape index (κ1) is 19.9. The molecule has 1 amide bonds. The van der Waals surface area contributed by atoms with Gasteiger partial charge in [-0.1, -0.05) is 26.3 Å². The van der Waals surface area contributed by atoms with E-state index >= 15 is 0 Å². The molecular formula is C19H30N2O3S. The fraction of sp³-hybridized carbons (Fsp3) is 0.632. The molecule has 1 heterocycles. The summed E-state index contributed by atoms with van der Waals surface area (Å²) < 4.78 is 27.2. The van der Waals surface area contributed by atoms with Crippen LogP contribution in [0.4, 0.5) is 0 Å². The Morgan fingerprint density at radius 3 is 2.32 bits per heavy atom. The molecule has 1 saturated heterocycles. The van der Waals surface area contributed by atoms with Gasteiger partial charge in [-0.05, 0) is 50.8 Å². The molecule has 140 valence electrons. The van der Waals surface area contributed by atoms with Gasteiger partial charge in [0.25, 0.3) is 5.91 Å². The first-order valence-corrected chi connectivity index (χ1v) is 10.6. The predicted molar refractivity (Wildman–Crippen MR) is 100 cm³/mol. The van der Waals surface area contributed by atoms with Gasteiger partial charge in [-0.25, -0.2) is 8.42 Å². The van der Waals surface area contributed by atoms with Crippen molar-refractivity contribution in [3.63, 3.8) is 0 Å². The Bertz CT molecular complexity index is 692. The summed E-state index contributed by atoms with van der Waals surface area (Å²) in [6, 6.07) is 6.55. The van der Waals surface area contributed by atoms with Crippen LogP contribution in [-0.2, 0) is 10.0 Å². The van der Waals surface area contributed by atoms with Gasteiger partial charge >= 0.3 is 0 Å². The van der Waals surface area contributed by atoms with Crippen LogP contribution in [-0.4, -0.2) is 49.2 Å². The molecule has 1 aliphatic rings. The summed E-state index contributed by atoms with van der Waals surface area (Å²) in [6.07, 6.45) is 2.86. The molecule has 1 fully saturated rings. The van der Waals surface area contributed by atoms with E-state index in [0.29, 0.717) is 31.1 Å². The van der Waals surface area contributed by atoms with Gasteiger partial charge in [0.15, 0.2) is 0 Å². The van der Waals surface area contributed by atoms with Crippen molar-refractivity contribution in [3.8, 4) is 0 Å². The minimum atomic E-state index is -3.52. The molecule has 1 aliphatic heterocycles. The van der Waals surface area contributed by atoms with Crippen LogP contribution in [0, 0.1) is 5.92 Å². The number of sulfonamides is 1. The van der Waals surface area contributed by atoms with Crippen LogP contribution in [0.25, 0.3) is 0 Å². The Morgan fingerprint density at radius 1 is 1.12 bits per heavy atom. The van der Waals surface area contributed by atoms with Crippen molar-refractivity contribution in [3.05, 3.63) is 29.8 Å². The molecular weight excluding hydrogens is 336 g/mol. The minimum absolute atomic E-state index is 0.0669. The van der Waals surface area contributed by atoms with E-state index in [0.717, 1.165) is 19.3 Å². The molecule has 0 spiro atoms. The van der Waals surface area contributed by atoms with E-state index in [1.54, 1.807) is 23.1 Å². The van der Waals surface area contributed by atoms with Crippen LogP contribution in [0.1, 0.15) is 57.3 Å². The topological polar surface area (TPSA) is 57.7 Å². The molecule has 1 aromatic rings. The smallest absolute Gasteiger partial charge is 0.254 e. The van der Waals surface area contributed by atoms with Crippen molar-refractivity contribution in [1.29, 1.82) is 0 Å². The Hall–Kier alpha value is -1.40. The molecule has 5 nitrogen and oxygen atoms in total. The highest BCUT2D eigenvalue weighted by Gasteiger charge is 2.27. The summed E-state index contributed by atoms with van der Waals surface area (Å²) in [4.78, 5) is 14.9. The summed E-state index contributed by atoms with van der Waals surface area (Å²) in [6.45, 7) is 9.88. The first-order chi connectivity index (χ1) is 11.7. The standard InChI is InChI=1S/C19H30N2O3S/c1-15(2)14-21(16(3)4)19(22)17-9-8-10-18(13-17)25(23,24)20-11-6-5-7-12-20/h8-10,13,15-16H,5-7,11-12,14H2,1-4H3. The van der Waals surface area contributed by atoms with Crippen LogP contribution in [0.15, 0.2) is 29.2 Å². The predicted octanol–water partition coefficient (Wildman–Crippen LogP) is 3.37. The third kappa shape index (κ3) is 4.82. The Labute approximate surface area is 152 Å². The number of piperidine rings is 1. The number of hydrogen-bond donors (Lipinski definition) is 0. The number of hydrogen-bond acceptors (Lipinski definition) is 3. The lowest BCUT2D eigenvalue weighted by Crippen LogP contribution is -2.39. The lowest BCUT2D eigenvalue weighted by molar-refractivity contribution is 0.0681. The Kier molecular flexibility index (Phi) is 6.63. The molecule has 25 heavy (non-hydrogen) atoms. The van der Waals surface area contributed by atoms with Gasteiger partial charge in [0.05, 0.1) is 4.90 Å². The van der Waals surface area contributed by atoms with Crippen molar-refractivity contribution in [2.24, 2.45) is 5.92 Å². The lowest BCUT2D eigenvalue weighted by atomic mass is 10.1. The summed E-state index contributed by atoms with van der Waals surface area (Å²) in [5, 5.41) is 0. The quantitative estimate of drug-likeness (QED) is 0.776. The maximum Gasteiger partial charge on any atom is 0.254 e. The summed E-state index contributed by atoms with van der Waals surface area (Å²) in [5.41, 5.74) is 0.437. The van der Waals surface area contributed by atoms with E-state index in [1.165, 1.54) is 10.4 Å². The summed E-state index contributed by atoms with van der Waals surface area (Å²) in [7, 11) is -3.52. The molecule has 0 aliphatic carbocycles. The lowest BCUT2D eigenvalue weighted by Gasteiger charge is -2.29. The zero-order chi connectivity index (χ0) is 18.6. The van der Waals surface area contributed by atoms with Gasteiger partial charge in [0.2, 0.25) is 10.0 Å². The fourth-order valence-electron chi connectivity index (χ4n) is 3.13. The second-order valence-electron chi connectivity index (χ2n) is 7.44. The van der Waals surface area contributed by atoms with Crippen LogP contribution in [0.5, 0.6) is 0 Å². The normalized spacial score (nSPS) is 16.4. The van der Waals surface area contributed by atoms with Crippen LogP contribution in [0.2, 0.25) is 0 Å². The van der Waals surface area contributed by atoms with Gasteiger partial charge in [-0.15, -0.1) is 0 Å². The van der Waals surface area contributed by atoms with E-state index in [1.807, 2.05) is 13.8 Å². The molecule has 0 aromatic heterocycles. The molecule has 0 atom stereocenters. The highest BCUT2D eigenvalue weighted by atomic mass is 32.2. The van der Waals surface area contributed by atoms with E-state index in [4.69, 9.17) is 0 Å². The number of rotatable bonds is 6. The zero-order valence-electron chi connectivity index (χ0n) is 15.7. The van der Waals surface area contributed by atoms with Crippen molar-refractivity contribution >= 4 is 15.9 Å². The number of carbonyl (C=O) groups excluding carboxylic acids is 1. The van der Waals surface area contributed by atoms with Gasteiger partial charge < -0.3 is 4.90 Å². The fourth-order valence-corrected chi connectivity index (χ4v) is 4.69. The molecule has 0 saturated carbocycles. The van der Waals surface area contributed by atoms with Crippen molar-refractivity contribution in [2.75, 3.05) is 19.6 Å². The molecule has 2 rings (SSSR count). The highest BCUT2D eigenvalue weighted by Crippen LogP contribution is 2.22. The molecule has 6 heteroatoms. The van der Waals surface area contributed by atoms with Crippen LogP contribution < -0.4 is 0 Å². The molecule has 0 bridgehead atoms. The first-order valence-electron chi connectivity index (χ1n) is 9.14. The minimum Gasteiger partial charge on any atom is -0.336 e. The van der Waals surface area contributed by atoms with Crippen LogP contribution >= 0.6 is 0 Å². The number of nitrogens with zero attached hydrogens (tertiary/aromatic N) is 2. The molecule has 0 N–H and O–H groups in total. The number of benzene rings is 1. The number of carbonyl (C=O) groups is 1. The van der Waals surface area contributed by atoms with Gasteiger partial charge in [-0.2, -0.15) is 4.31 Å². The third-order valence-corrected chi connectivity index (χ3v) is 6.37. The van der Waals surface area contributed by atoms with Crippen molar-refractivity contribution in [1.82, 2.24) is 9.21 Å². The number of amides is 1. The third-order valence-electron chi connectivity index (χ3n) is 4.48. The molecule has 0 radical (unpaired) electrons. The SMILES string of the molecule is CC(C)CN(C(=O)c1cccc(S(=O)(=O)N2CCCCC2)c1)C(C)C. The van der Waals surface area contributed by atoms with Crippen molar-refractivity contribution < 1.29 is 13.2 Å². The molecule has 0 unspecified atom stereocenters. The second kappa shape index (κ2) is 8.32. The van der Waals surface area contributed by atoms with E-state index in [9.17, 15) is 13.2 Å². The average molecular weight is 367 g/mol. The van der Waals surface area contributed by atoms with Gasteiger partial charge in [0.1, 0.15) is 0 Å². The monoisotopic (exact) mass is 366 g/mol. The highest BCUT2D eigenvalue weighted by molar-refractivity contribution is 7.89. The van der Waals surface area contributed by atoms with Crippen LogP contribution in [0.3, 0.4) is 0 Å². The largest absolute Gasteiger partial charge is 0.336 e. The second-order valence-corrected chi connectivity index (χ2v) is 9.38. The Balaban J connectivity index is 2.29. The summed E-state index contributed by atoms with van der Waals surface area (Å²) in [5.74, 6) is 0.242. The van der Waals surface area contributed by atoms with E-state index in [-0.39, 0.29) is 16.8 Å². The van der Waals surface area contributed by atoms with E-state index < -0.39 is 10.0 Å². The summed E-state index contributed by atoms with van der Waals surface area (Å²) >= 11 is 0. The van der Waals surface area contributed by atoms with E-state index in [2.05, 4.69) is 13.8 Å². The Morgan fingerprint density at radius 2 is 1.76 bits per heavy atom. The maximum atomic E-state index is 12.9. The average Bonchev–Trinajstić information content (AvgIpc) is 2.59. The zero-order valence-corrected chi connectivity index (χ0v) is 16.6. The van der Waals surface area contributed by atoms with Gasteiger partial charge in [0, 0.05) is 31.2 Å². The maximum absolute atomic E-state index is 12.9. The molecule has 1 aromatic carbocycles.